The molecule has 0 bridgehead atoms. The van der Waals surface area contributed by atoms with Gasteiger partial charge in [0.2, 0.25) is 5.88 Å². The summed E-state index contributed by atoms with van der Waals surface area (Å²) in [4.78, 5) is 0.172. The number of benzene rings is 1. The lowest BCUT2D eigenvalue weighted by Crippen LogP contribution is -2.15. The van der Waals surface area contributed by atoms with Crippen LogP contribution in [0.25, 0.3) is 0 Å². The van der Waals surface area contributed by atoms with E-state index >= 15 is 0 Å². The van der Waals surface area contributed by atoms with Crippen LogP contribution in [-0.4, -0.2) is 35.9 Å². The molecule has 2 aromatic rings. The summed E-state index contributed by atoms with van der Waals surface area (Å²) in [5.41, 5.74) is 5.77. The van der Waals surface area contributed by atoms with E-state index in [1.54, 1.807) is 0 Å². The van der Waals surface area contributed by atoms with Crippen LogP contribution in [0.3, 0.4) is 0 Å². The average molecular weight is 308 g/mol. The highest BCUT2D eigenvalue weighted by Gasteiger charge is 2.12. The molecule has 9 heteroatoms. The summed E-state index contributed by atoms with van der Waals surface area (Å²) in [6.07, 6.45) is 2.48. The van der Waals surface area contributed by atoms with E-state index in [0.717, 1.165) is 6.26 Å². The summed E-state index contributed by atoms with van der Waals surface area (Å²) in [6.45, 7) is 0. The fourth-order valence-electron chi connectivity index (χ4n) is 1.51. The van der Waals surface area contributed by atoms with E-state index in [4.69, 9.17) is 15.7 Å². The molecule has 110 valence electrons. The summed E-state index contributed by atoms with van der Waals surface area (Å²) < 4.78 is 28.2. The minimum atomic E-state index is -3.27. The number of sulfone groups is 1. The first kappa shape index (κ1) is 14.7. The monoisotopic (exact) mass is 308 g/mol. The maximum atomic E-state index is 11.4. The number of aromatic nitrogens is 2. The Morgan fingerprint density at radius 3 is 2.52 bits per heavy atom. The molecule has 0 unspecified atom stereocenters. The minimum absolute atomic E-state index is 0.0416. The second-order valence-corrected chi connectivity index (χ2v) is 6.10. The Hall–Kier alpha value is -2.68. The third-order valence-electron chi connectivity index (χ3n) is 2.54. The quantitative estimate of drug-likeness (QED) is 0.369. The predicted octanol–water partition coefficient (Wildman–Crippen LogP) is 0.767. The van der Waals surface area contributed by atoms with Gasteiger partial charge in [-0.05, 0) is 30.3 Å². The lowest BCUT2D eigenvalue weighted by Gasteiger charge is -2.08. The molecule has 0 aliphatic rings. The Labute approximate surface area is 120 Å². The molecule has 0 aliphatic carbocycles. The van der Waals surface area contributed by atoms with Crippen molar-refractivity contribution in [1.82, 2.24) is 10.2 Å². The fourth-order valence-corrected chi connectivity index (χ4v) is 2.14. The van der Waals surface area contributed by atoms with Crippen molar-refractivity contribution >= 4 is 15.7 Å². The zero-order valence-electron chi connectivity index (χ0n) is 11.0. The topological polar surface area (TPSA) is 128 Å². The van der Waals surface area contributed by atoms with Gasteiger partial charge in [0.1, 0.15) is 5.75 Å². The molecule has 0 aliphatic heterocycles. The molecule has 1 heterocycles. The first-order chi connectivity index (χ1) is 9.91. The Morgan fingerprint density at radius 2 is 1.95 bits per heavy atom. The normalized spacial score (nSPS) is 12.1. The third-order valence-corrected chi connectivity index (χ3v) is 3.67. The first-order valence-corrected chi connectivity index (χ1v) is 7.58. The van der Waals surface area contributed by atoms with Gasteiger partial charge in [-0.3, -0.25) is 0 Å². The van der Waals surface area contributed by atoms with E-state index in [1.165, 1.54) is 36.5 Å². The van der Waals surface area contributed by atoms with E-state index in [-0.39, 0.29) is 22.2 Å². The van der Waals surface area contributed by atoms with Gasteiger partial charge in [-0.2, -0.15) is 5.10 Å². The Bertz CT molecular complexity index is 772. The van der Waals surface area contributed by atoms with Gasteiger partial charge >= 0.3 is 0 Å². The van der Waals surface area contributed by atoms with Crippen LogP contribution < -0.4 is 10.5 Å². The van der Waals surface area contributed by atoms with Crippen molar-refractivity contribution in [3.8, 4) is 11.6 Å². The van der Waals surface area contributed by atoms with Crippen LogP contribution in [0.5, 0.6) is 11.6 Å². The summed E-state index contributed by atoms with van der Waals surface area (Å²) in [6, 6.07) is 7.24. The van der Waals surface area contributed by atoms with Gasteiger partial charge in [-0.25, -0.2) is 8.42 Å². The van der Waals surface area contributed by atoms with Crippen LogP contribution in [0, 0.1) is 0 Å². The average Bonchev–Trinajstić information content (AvgIpc) is 2.46. The molecule has 8 nitrogen and oxygen atoms in total. The number of ether oxygens (including phenoxy) is 1. The van der Waals surface area contributed by atoms with Crippen molar-refractivity contribution in [2.75, 3.05) is 6.26 Å². The molecule has 1 aromatic carbocycles. The van der Waals surface area contributed by atoms with E-state index in [2.05, 4.69) is 15.4 Å². The number of nitrogens with zero attached hydrogens (tertiary/aromatic N) is 3. The highest BCUT2D eigenvalue weighted by Crippen LogP contribution is 2.23. The summed E-state index contributed by atoms with van der Waals surface area (Å²) in [5, 5.41) is 19.0. The van der Waals surface area contributed by atoms with Crippen LogP contribution in [0.2, 0.25) is 0 Å². The molecule has 2 rings (SSSR count). The standard InChI is InChI=1S/C12H12N4O4S/c1-21(18,19)9-4-2-8(3-5-9)20-12-10(11(13)16-17)6-7-14-15-12/h2-7,17H,1H3,(H2,13,16). The molecule has 0 spiro atoms. The van der Waals surface area contributed by atoms with Crippen molar-refractivity contribution in [2.24, 2.45) is 10.9 Å². The molecule has 0 atom stereocenters. The van der Waals surface area contributed by atoms with Gasteiger partial charge in [-0.15, -0.1) is 5.10 Å². The van der Waals surface area contributed by atoms with Crippen molar-refractivity contribution in [2.45, 2.75) is 4.90 Å². The molecule has 0 amide bonds. The molecule has 0 saturated heterocycles. The zero-order valence-corrected chi connectivity index (χ0v) is 11.8. The van der Waals surface area contributed by atoms with E-state index in [1.807, 2.05) is 0 Å². The molecule has 0 saturated carbocycles. The largest absolute Gasteiger partial charge is 0.437 e. The number of oxime groups is 1. The second-order valence-electron chi connectivity index (χ2n) is 4.08. The molecular weight excluding hydrogens is 296 g/mol. The lowest BCUT2D eigenvalue weighted by molar-refractivity contribution is 0.318. The van der Waals surface area contributed by atoms with E-state index in [0.29, 0.717) is 5.75 Å². The number of nitrogens with two attached hydrogens (primary N) is 1. The predicted molar refractivity (Wildman–Crippen MR) is 74.2 cm³/mol. The van der Waals surface area contributed by atoms with Crippen LogP contribution in [-0.2, 0) is 9.84 Å². The van der Waals surface area contributed by atoms with Crippen molar-refractivity contribution in [3.05, 3.63) is 42.1 Å². The maximum absolute atomic E-state index is 11.4. The van der Waals surface area contributed by atoms with Crippen LogP contribution in [0.1, 0.15) is 5.56 Å². The maximum Gasteiger partial charge on any atom is 0.250 e. The van der Waals surface area contributed by atoms with Gasteiger partial charge in [0, 0.05) is 6.26 Å². The van der Waals surface area contributed by atoms with Crippen LogP contribution in [0.4, 0.5) is 0 Å². The summed E-state index contributed by atoms with van der Waals surface area (Å²) in [7, 11) is -3.27. The van der Waals surface area contributed by atoms with Crippen molar-refractivity contribution < 1.29 is 18.4 Å². The SMILES string of the molecule is CS(=O)(=O)c1ccc(Oc2nnccc2/C(N)=N/O)cc1. The fraction of sp³-hybridized carbons (Fsp3) is 0.0833. The molecule has 1 aromatic heterocycles. The Balaban J connectivity index is 2.31. The summed E-state index contributed by atoms with van der Waals surface area (Å²) in [5.74, 6) is 0.211. The van der Waals surface area contributed by atoms with Gasteiger partial charge in [-0.1, -0.05) is 5.16 Å². The van der Waals surface area contributed by atoms with Gasteiger partial charge in [0.05, 0.1) is 16.7 Å². The molecule has 21 heavy (non-hydrogen) atoms. The van der Waals surface area contributed by atoms with Gasteiger partial charge in [0.25, 0.3) is 0 Å². The molecular formula is C12H12N4O4S. The number of hydrogen-bond acceptors (Lipinski definition) is 7. The first-order valence-electron chi connectivity index (χ1n) is 5.69. The second kappa shape index (κ2) is 5.75. The van der Waals surface area contributed by atoms with Crippen LogP contribution >= 0.6 is 0 Å². The number of rotatable bonds is 4. The smallest absolute Gasteiger partial charge is 0.250 e. The van der Waals surface area contributed by atoms with E-state index < -0.39 is 9.84 Å². The molecule has 0 radical (unpaired) electrons. The minimum Gasteiger partial charge on any atom is -0.437 e. The zero-order chi connectivity index (χ0) is 15.5. The van der Waals surface area contributed by atoms with E-state index in [9.17, 15) is 8.42 Å². The summed E-state index contributed by atoms with van der Waals surface area (Å²) >= 11 is 0. The Morgan fingerprint density at radius 1 is 1.29 bits per heavy atom. The molecule has 3 N–H and O–H groups in total. The number of hydrogen-bond donors (Lipinski definition) is 2. The Kier molecular flexibility index (Phi) is 4.03. The van der Waals surface area contributed by atoms with Crippen LogP contribution in [0.15, 0.2) is 46.6 Å². The lowest BCUT2D eigenvalue weighted by atomic mass is 10.3. The molecule has 0 fully saturated rings. The highest BCUT2D eigenvalue weighted by atomic mass is 32.2. The van der Waals surface area contributed by atoms with Crippen molar-refractivity contribution in [1.29, 1.82) is 0 Å². The van der Waals surface area contributed by atoms with Gasteiger partial charge < -0.3 is 15.7 Å². The van der Waals surface area contributed by atoms with Crippen molar-refractivity contribution in [3.63, 3.8) is 0 Å². The van der Waals surface area contributed by atoms with Gasteiger partial charge in [0.15, 0.2) is 15.7 Å². The highest BCUT2D eigenvalue weighted by molar-refractivity contribution is 7.90. The number of amidine groups is 1. The third kappa shape index (κ3) is 3.45.